The third kappa shape index (κ3) is 6.21. The summed E-state index contributed by atoms with van der Waals surface area (Å²) in [5.74, 6) is -2.63. The van der Waals surface area contributed by atoms with E-state index in [1.165, 1.54) is 30.5 Å². The molecule has 4 aromatic rings. The van der Waals surface area contributed by atoms with E-state index in [2.05, 4.69) is 15.8 Å². The Morgan fingerprint density at radius 2 is 1.59 bits per heavy atom. The minimum absolute atomic E-state index is 0.0943. The van der Waals surface area contributed by atoms with Crippen LogP contribution in [0.15, 0.2) is 77.9 Å². The predicted molar refractivity (Wildman–Crippen MR) is 146 cm³/mol. The molecule has 0 atom stereocenters. The number of hydrogen-bond acceptors (Lipinski definition) is 5. The summed E-state index contributed by atoms with van der Waals surface area (Å²) in [5.41, 5.74) is 2.81. The van der Waals surface area contributed by atoms with Crippen molar-refractivity contribution in [2.24, 2.45) is 5.10 Å². The zero-order valence-corrected chi connectivity index (χ0v) is 21.6. The first-order valence-electron chi connectivity index (χ1n) is 10.5. The summed E-state index contributed by atoms with van der Waals surface area (Å²) in [7, 11) is 0. The molecule has 0 aliphatic carbocycles. The second kappa shape index (κ2) is 11.6. The van der Waals surface area contributed by atoms with E-state index in [9.17, 15) is 14.4 Å². The molecule has 11 heteroatoms. The van der Waals surface area contributed by atoms with Gasteiger partial charge in [-0.25, -0.2) is 10.2 Å². The average molecular weight is 575 g/mol. The molecule has 0 saturated carbocycles. The Kier molecular flexibility index (Phi) is 8.31. The van der Waals surface area contributed by atoms with E-state index in [1.54, 1.807) is 36.4 Å². The van der Waals surface area contributed by atoms with Gasteiger partial charge in [-0.05, 0) is 47.2 Å². The highest BCUT2D eigenvalue weighted by molar-refractivity contribution is 6.45. The van der Waals surface area contributed by atoms with Crippen molar-refractivity contribution in [1.82, 2.24) is 5.43 Å². The van der Waals surface area contributed by atoms with Gasteiger partial charge in [0.05, 0.1) is 32.5 Å². The van der Waals surface area contributed by atoms with Crippen LogP contribution in [-0.4, -0.2) is 24.0 Å². The molecule has 0 spiro atoms. The summed E-state index contributed by atoms with van der Waals surface area (Å²) in [6.45, 7) is 0. The van der Waals surface area contributed by atoms with Gasteiger partial charge in [-0.3, -0.25) is 9.59 Å². The Morgan fingerprint density at radius 3 is 2.38 bits per heavy atom. The molecule has 0 radical (unpaired) electrons. The number of fused-ring (bicyclic) bond motifs is 1. The molecule has 0 aliphatic rings. The van der Waals surface area contributed by atoms with Crippen molar-refractivity contribution < 1.29 is 19.1 Å². The summed E-state index contributed by atoms with van der Waals surface area (Å²) in [6.07, 6.45) is 1.27. The molecular formula is C26H15Cl4N3O4. The van der Waals surface area contributed by atoms with Crippen LogP contribution in [0, 0.1) is 0 Å². The van der Waals surface area contributed by atoms with Crippen molar-refractivity contribution in [2.45, 2.75) is 0 Å². The first-order valence-corrected chi connectivity index (χ1v) is 12.0. The maximum atomic E-state index is 12.8. The van der Waals surface area contributed by atoms with Crippen molar-refractivity contribution in [2.75, 3.05) is 5.32 Å². The van der Waals surface area contributed by atoms with Gasteiger partial charge in [-0.15, -0.1) is 0 Å². The topological polar surface area (TPSA) is 96.9 Å². The van der Waals surface area contributed by atoms with Gasteiger partial charge in [0, 0.05) is 10.6 Å². The van der Waals surface area contributed by atoms with E-state index in [1.807, 2.05) is 12.1 Å². The van der Waals surface area contributed by atoms with Crippen molar-refractivity contribution in [3.63, 3.8) is 0 Å². The zero-order valence-electron chi connectivity index (χ0n) is 18.6. The molecule has 0 unspecified atom stereocenters. The van der Waals surface area contributed by atoms with Gasteiger partial charge >= 0.3 is 17.8 Å². The number of ether oxygens (including phenoxy) is 1. The smallest absolute Gasteiger partial charge is 0.345 e. The van der Waals surface area contributed by atoms with E-state index in [0.29, 0.717) is 16.0 Å². The van der Waals surface area contributed by atoms with Gasteiger partial charge < -0.3 is 10.1 Å². The lowest BCUT2D eigenvalue weighted by Gasteiger charge is -2.11. The fraction of sp³-hybridized carbons (Fsp3) is 0. The Balaban J connectivity index is 1.56. The summed E-state index contributed by atoms with van der Waals surface area (Å²) in [5, 5.41) is 8.57. The second-order valence-corrected chi connectivity index (χ2v) is 9.10. The summed E-state index contributed by atoms with van der Waals surface area (Å²) < 4.78 is 5.59. The summed E-state index contributed by atoms with van der Waals surface area (Å²) in [4.78, 5) is 37.3. The van der Waals surface area contributed by atoms with Gasteiger partial charge in [0.2, 0.25) is 0 Å². The molecule has 2 amide bonds. The molecule has 0 aromatic heterocycles. The lowest BCUT2D eigenvalue weighted by atomic mass is 10.0. The highest BCUT2D eigenvalue weighted by Crippen LogP contribution is 2.30. The van der Waals surface area contributed by atoms with Crippen LogP contribution in [0.1, 0.15) is 15.9 Å². The van der Waals surface area contributed by atoms with Crippen molar-refractivity contribution in [1.29, 1.82) is 0 Å². The molecule has 0 bridgehead atoms. The van der Waals surface area contributed by atoms with E-state index >= 15 is 0 Å². The molecule has 0 heterocycles. The standard InChI is InChI=1S/C26H15Cl4N3O4/c27-15-9-10-17(20(29)12-15)26(36)37-22-11-8-14-4-1-2-5-16(14)18(22)13-31-33-25(35)24(34)32-21-7-3-6-19(28)23(21)30/h1-13H,(H,32,34)(H,33,35)/b31-13-. The van der Waals surface area contributed by atoms with Crippen LogP contribution in [0.2, 0.25) is 20.1 Å². The number of carbonyl (C=O) groups is 3. The second-order valence-electron chi connectivity index (χ2n) is 7.47. The minimum atomic E-state index is -1.06. The number of anilines is 1. The normalized spacial score (nSPS) is 10.9. The SMILES string of the molecule is O=C(N/N=C\c1c(OC(=O)c2ccc(Cl)cc2Cl)ccc2ccccc12)C(=O)Nc1cccc(Cl)c1Cl. The Bertz CT molecular complexity index is 1570. The molecule has 0 saturated heterocycles. The van der Waals surface area contributed by atoms with Crippen LogP contribution < -0.4 is 15.5 Å². The van der Waals surface area contributed by atoms with Crippen molar-refractivity contribution in [3.05, 3.63) is 104 Å². The summed E-state index contributed by atoms with van der Waals surface area (Å²) in [6, 6.07) is 19.6. The van der Waals surface area contributed by atoms with Crippen LogP contribution in [0.25, 0.3) is 10.8 Å². The van der Waals surface area contributed by atoms with Crippen LogP contribution in [0.3, 0.4) is 0 Å². The lowest BCUT2D eigenvalue weighted by molar-refractivity contribution is -0.136. The average Bonchev–Trinajstić information content (AvgIpc) is 2.87. The Labute approximate surface area is 230 Å². The number of benzene rings is 4. The zero-order chi connectivity index (χ0) is 26.5. The van der Waals surface area contributed by atoms with Gasteiger partial charge in [0.15, 0.2) is 0 Å². The number of hydrogen-bond donors (Lipinski definition) is 2. The number of carbonyl (C=O) groups excluding carboxylic acids is 3. The van der Waals surface area contributed by atoms with Crippen molar-refractivity contribution >= 4 is 86.9 Å². The first-order chi connectivity index (χ1) is 17.7. The highest BCUT2D eigenvalue weighted by atomic mass is 35.5. The van der Waals surface area contributed by atoms with E-state index in [4.69, 9.17) is 51.1 Å². The molecule has 0 fully saturated rings. The predicted octanol–water partition coefficient (Wildman–Crippen LogP) is 6.76. The van der Waals surface area contributed by atoms with Crippen molar-refractivity contribution in [3.8, 4) is 5.75 Å². The molecule has 0 aliphatic heterocycles. The molecular weight excluding hydrogens is 560 g/mol. The van der Waals surface area contributed by atoms with E-state index in [0.717, 1.165) is 5.39 Å². The number of rotatable bonds is 5. The van der Waals surface area contributed by atoms with E-state index in [-0.39, 0.29) is 32.1 Å². The fourth-order valence-electron chi connectivity index (χ4n) is 3.29. The maximum Gasteiger partial charge on any atom is 0.345 e. The van der Waals surface area contributed by atoms with Gasteiger partial charge in [0.25, 0.3) is 0 Å². The van der Waals surface area contributed by atoms with Gasteiger partial charge in [-0.2, -0.15) is 5.10 Å². The van der Waals surface area contributed by atoms with Crippen LogP contribution in [0.4, 0.5) is 5.69 Å². The Hall–Kier alpha value is -3.62. The number of esters is 1. The van der Waals surface area contributed by atoms with E-state index < -0.39 is 17.8 Å². The number of hydrazone groups is 1. The molecule has 186 valence electrons. The van der Waals surface area contributed by atoms with Crippen LogP contribution in [0.5, 0.6) is 5.75 Å². The summed E-state index contributed by atoms with van der Waals surface area (Å²) >= 11 is 24.0. The molecule has 2 N–H and O–H groups in total. The third-order valence-electron chi connectivity index (χ3n) is 5.05. The molecule has 4 aromatic carbocycles. The molecule has 4 rings (SSSR count). The third-order valence-corrected chi connectivity index (χ3v) is 6.42. The minimum Gasteiger partial charge on any atom is -0.422 e. The monoisotopic (exact) mass is 573 g/mol. The van der Waals surface area contributed by atoms with Gasteiger partial charge in [0.1, 0.15) is 5.75 Å². The first kappa shape index (κ1) is 26.4. The number of nitrogens with zero attached hydrogens (tertiary/aromatic N) is 1. The van der Waals surface area contributed by atoms with Crippen LogP contribution in [-0.2, 0) is 9.59 Å². The number of amides is 2. The quantitative estimate of drug-likeness (QED) is 0.0904. The fourth-order valence-corrected chi connectivity index (χ4v) is 4.13. The number of nitrogens with one attached hydrogen (secondary N) is 2. The number of halogens is 4. The largest absolute Gasteiger partial charge is 0.422 e. The maximum absolute atomic E-state index is 12.8. The Morgan fingerprint density at radius 1 is 0.811 bits per heavy atom. The molecule has 7 nitrogen and oxygen atoms in total. The van der Waals surface area contributed by atoms with Gasteiger partial charge in [-0.1, -0.05) is 82.8 Å². The van der Waals surface area contributed by atoms with Crippen LogP contribution >= 0.6 is 46.4 Å². The lowest BCUT2D eigenvalue weighted by Crippen LogP contribution is -2.32. The molecule has 37 heavy (non-hydrogen) atoms. The highest BCUT2D eigenvalue weighted by Gasteiger charge is 2.18.